The van der Waals surface area contributed by atoms with Crippen LogP contribution in [0, 0.1) is 71.0 Å². The topological polar surface area (TPSA) is 0 Å². The lowest BCUT2D eigenvalue weighted by atomic mass is 9.67. The van der Waals surface area contributed by atoms with E-state index >= 15 is 0 Å². The molecular formula is C36H60. The van der Waals surface area contributed by atoms with Crippen molar-refractivity contribution in [1.29, 1.82) is 0 Å². The van der Waals surface area contributed by atoms with Gasteiger partial charge in [-0.25, -0.2) is 0 Å². The van der Waals surface area contributed by atoms with Gasteiger partial charge in [0.2, 0.25) is 0 Å². The quantitative estimate of drug-likeness (QED) is 0.315. The molecule has 8 rings (SSSR count). The van der Waals surface area contributed by atoms with Crippen LogP contribution in [-0.4, -0.2) is 0 Å². The molecule has 0 atom stereocenters. The van der Waals surface area contributed by atoms with Gasteiger partial charge in [-0.15, -0.1) is 0 Å². The number of rotatable bonds is 0. The first kappa shape index (κ1) is 25.0. The Kier molecular flexibility index (Phi) is 7.80. The largest absolute Gasteiger partial charge is 0.0502 e. The Balaban J connectivity index is 1.24. The highest BCUT2D eigenvalue weighted by Crippen LogP contribution is 2.50. The van der Waals surface area contributed by atoms with E-state index < -0.39 is 0 Å². The Morgan fingerprint density at radius 1 is 0.139 bits per heavy atom. The molecule has 204 valence electrons. The molecule has 8 saturated carbocycles. The van der Waals surface area contributed by atoms with Crippen LogP contribution in [0.4, 0.5) is 0 Å². The molecule has 0 aliphatic heterocycles. The van der Waals surface area contributed by atoms with Gasteiger partial charge in [-0.2, -0.15) is 0 Å². The van der Waals surface area contributed by atoms with Gasteiger partial charge in [0, 0.05) is 0 Å². The fourth-order valence-electron chi connectivity index (χ4n) is 12.5. The van der Waals surface area contributed by atoms with E-state index in [-0.39, 0.29) is 0 Å². The minimum atomic E-state index is 1.09. The average molecular weight is 493 g/mol. The molecule has 0 heteroatoms. The fraction of sp³-hybridized carbons (Fsp3) is 1.00. The third-order valence-electron chi connectivity index (χ3n) is 13.9. The highest BCUT2D eigenvalue weighted by atomic mass is 14.4. The van der Waals surface area contributed by atoms with E-state index in [1.54, 1.807) is 154 Å². The van der Waals surface area contributed by atoms with E-state index in [1.165, 1.54) is 0 Å². The highest BCUT2D eigenvalue weighted by Gasteiger charge is 2.38. The third-order valence-corrected chi connectivity index (χ3v) is 13.9. The molecule has 0 unspecified atom stereocenters. The molecule has 8 fully saturated rings. The minimum Gasteiger partial charge on any atom is -0.0502 e. The Hall–Kier alpha value is 0. The van der Waals surface area contributed by atoms with Crippen LogP contribution in [0.25, 0.3) is 0 Å². The standard InChI is InChI=1S/C36H60/c1-2-26-15-29-7-9-33-19-31-5-3-27-13-25(1)14-28(17-27)4-6-32-20-34(10-8-30(16-26)18-29)24-36(22-32)12-11-35(21-31)23-33/h25-36H,1-24H2. The molecule has 0 spiro atoms. The second-order valence-electron chi connectivity index (χ2n) is 16.7. The van der Waals surface area contributed by atoms with Crippen LogP contribution in [0.1, 0.15) is 154 Å². The summed E-state index contributed by atoms with van der Waals surface area (Å²) >= 11 is 0. The molecule has 0 amide bonds. The van der Waals surface area contributed by atoms with E-state index in [2.05, 4.69) is 0 Å². The second-order valence-corrected chi connectivity index (χ2v) is 16.7. The first-order valence-corrected chi connectivity index (χ1v) is 17.7. The zero-order valence-electron chi connectivity index (χ0n) is 23.9. The Labute approximate surface area is 224 Å². The lowest BCUT2D eigenvalue weighted by molar-refractivity contribution is 0.133. The van der Waals surface area contributed by atoms with Crippen molar-refractivity contribution < 1.29 is 0 Å². The maximum absolute atomic E-state index is 1.63. The molecule has 0 aromatic rings. The summed E-state index contributed by atoms with van der Waals surface area (Å²) in [6.45, 7) is 0. The van der Waals surface area contributed by atoms with Crippen LogP contribution >= 0.6 is 0 Å². The summed E-state index contributed by atoms with van der Waals surface area (Å²) in [7, 11) is 0. The van der Waals surface area contributed by atoms with Gasteiger partial charge >= 0.3 is 0 Å². The van der Waals surface area contributed by atoms with Crippen LogP contribution < -0.4 is 0 Å². The SMILES string of the molecule is C1CC2CC3CCC4CC5CCC6CC1CC(CCC1CC(CCC(C2)C3)CC(CCC(C5)C4)C1)C6. The van der Waals surface area contributed by atoms with Gasteiger partial charge in [0.1, 0.15) is 0 Å². The van der Waals surface area contributed by atoms with Gasteiger partial charge in [0.15, 0.2) is 0 Å². The normalized spacial score (nSPS) is 52.0. The van der Waals surface area contributed by atoms with E-state index in [9.17, 15) is 0 Å². The number of hydrogen-bond donors (Lipinski definition) is 0. The van der Waals surface area contributed by atoms with Gasteiger partial charge in [-0.05, 0) is 148 Å². The van der Waals surface area contributed by atoms with Crippen molar-refractivity contribution in [2.75, 3.05) is 0 Å². The molecule has 0 radical (unpaired) electrons. The molecule has 0 aromatic heterocycles. The molecular weight excluding hydrogens is 432 g/mol. The van der Waals surface area contributed by atoms with Crippen molar-refractivity contribution >= 4 is 0 Å². The summed E-state index contributed by atoms with van der Waals surface area (Å²) in [6.07, 6.45) is 38.9. The monoisotopic (exact) mass is 492 g/mol. The van der Waals surface area contributed by atoms with Gasteiger partial charge in [-0.1, -0.05) is 77.0 Å². The van der Waals surface area contributed by atoms with Crippen LogP contribution in [0.15, 0.2) is 0 Å². The van der Waals surface area contributed by atoms with Crippen LogP contribution in [0.5, 0.6) is 0 Å². The lowest BCUT2D eigenvalue weighted by Gasteiger charge is -2.38. The summed E-state index contributed by atoms with van der Waals surface area (Å²) in [4.78, 5) is 0. The summed E-state index contributed by atoms with van der Waals surface area (Å²) in [5.74, 6) is 13.1. The molecule has 12 bridgehead atoms. The predicted octanol–water partition coefficient (Wildman–Crippen LogP) is 10.8. The first-order valence-electron chi connectivity index (χ1n) is 17.7. The zero-order chi connectivity index (χ0) is 23.9. The Morgan fingerprint density at radius 3 is 0.306 bits per heavy atom. The van der Waals surface area contributed by atoms with Crippen molar-refractivity contribution in [3.05, 3.63) is 0 Å². The fourth-order valence-corrected chi connectivity index (χ4v) is 12.5. The predicted molar refractivity (Wildman–Crippen MR) is 153 cm³/mol. The van der Waals surface area contributed by atoms with Crippen LogP contribution in [0.3, 0.4) is 0 Å². The molecule has 8 aliphatic carbocycles. The molecule has 0 aromatic carbocycles. The molecule has 0 nitrogen and oxygen atoms in total. The average Bonchev–Trinajstić information content (AvgIpc) is 2.89. The summed E-state index contributed by atoms with van der Waals surface area (Å²) in [6, 6.07) is 0. The summed E-state index contributed by atoms with van der Waals surface area (Å²) in [5.41, 5.74) is 0. The van der Waals surface area contributed by atoms with Gasteiger partial charge in [-0.3, -0.25) is 0 Å². The summed E-state index contributed by atoms with van der Waals surface area (Å²) in [5, 5.41) is 0. The number of hydrogen-bond acceptors (Lipinski definition) is 0. The molecule has 0 N–H and O–H groups in total. The smallest absolute Gasteiger partial charge is 0.0409 e. The van der Waals surface area contributed by atoms with Gasteiger partial charge in [0.25, 0.3) is 0 Å². The minimum absolute atomic E-state index is 1.09. The Bertz CT molecular complexity index is 470. The third kappa shape index (κ3) is 6.09. The van der Waals surface area contributed by atoms with Gasteiger partial charge in [0.05, 0.1) is 0 Å². The lowest BCUT2D eigenvalue weighted by Crippen LogP contribution is -2.26. The van der Waals surface area contributed by atoms with Crippen molar-refractivity contribution in [1.82, 2.24) is 0 Å². The van der Waals surface area contributed by atoms with Crippen molar-refractivity contribution in [2.24, 2.45) is 71.0 Å². The highest BCUT2D eigenvalue weighted by molar-refractivity contribution is 4.90. The molecule has 36 heavy (non-hydrogen) atoms. The van der Waals surface area contributed by atoms with Crippen LogP contribution in [0.2, 0.25) is 0 Å². The van der Waals surface area contributed by atoms with Crippen molar-refractivity contribution in [2.45, 2.75) is 154 Å². The van der Waals surface area contributed by atoms with Gasteiger partial charge < -0.3 is 0 Å². The van der Waals surface area contributed by atoms with Crippen molar-refractivity contribution in [3.63, 3.8) is 0 Å². The molecule has 0 heterocycles. The van der Waals surface area contributed by atoms with E-state index in [1.807, 2.05) is 0 Å². The summed E-state index contributed by atoms with van der Waals surface area (Å²) < 4.78 is 0. The Morgan fingerprint density at radius 2 is 0.222 bits per heavy atom. The van der Waals surface area contributed by atoms with E-state index in [4.69, 9.17) is 0 Å². The molecule has 0 saturated heterocycles. The second kappa shape index (κ2) is 11.2. The number of fused-ring (bicyclic) bond motifs is 6. The zero-order valence-corrected chi connectivity index (χ0v) is 23.9. The van der Waals surface area contributed by atoms with Crippen molar-refractivity contribution in [3.8, 4) is 0 Å². The first-order chi connectivity index (χ1) is 17.7. The van der Waals surface area contributed by atoms with E-state index in [0.717, 1.165) is 71.0 Å². The van der Waals surface area contributed by atoms with E-state index in [0.29, 0.717) is 0 Å². The maximum atomic E-state index is 1.63. The molecule has 8 aliphatic rings. The maximum Gasteiger partial charge on any atom is -0.0409 e. The van der Waals surface area contributed by atoms with Crippen LogP contribution in [-0.2, 0) is 0 Å².